The van der Waals surface area contributed by atoms with Crippen LogP contribution in [0.25, 0.3) is 0 Å². The summed E-state index contributed by atoms with van der Waals surface area (Å²) in [5, 5.41) is 6.35. The zero-order valence-corrected chi connectivity index (χ0v) is 7.44. The maximum absolute atomic E-state index is 3.22. The predicted molar refractivity (Wildman–Crippen MR) is 45.1 cm³/mol. The Morgan fingerprint density at radius 3 is 2.30 bits per heavy atom. The molecule has 10 heavy (non-hydrogen) atoms. The normalized spacial score (nSPS) is 14.1. The van der Waals surface area contributed by atoms with Gasteiger partial charge in [-0.15, -0.1) is 0 Å². The minimum atomic E-state index is 0.454. The van der Waals surface area contributed by atoms with E-state index in [1.54, 1.807) is 0 Å². The molecule has 2 N–H and O–H groups in total. The SMILES string of the molecule is CCN(C)C(CNC)NC. The van der Waals surface area contributed by atoms with Crippen molar-refractivity contribution in [2.24, 2.45) is 0 Å². The van der Waals surface area contributed by atoms with Gasteiger partial charge in [-0.05, 0) is 27.7 Å². The van der Waals surface area contributed by atoms with Crippen LogP contribution in [0.5, 0.6) is 0 Å². The van der Waals surface area contributed by atoms with Crippen molar-refractivity contribution in [3.8, 4) is 0 Å². The van der Waals surface area contributed by atoms with Crippen LogP contribution in [-0.4, -0.2) is 45.3 Å². The van der Waals surface area contributed by atoms with Crippen LogP contribution in [0, 0.1) is 0 Å². The average molecular weight is 145 g/mol. The summed E-state index contributed by atoms with van der Waals surface area (Å²) >= 11 is 0. The number of rotatable bonds is 5. The number of likely N-dealkylation sites (N-methyl/N-ethyl adjacent to an activating group) is 3. The van der Waals surface area contributed by atoms with E-state index >= 15 is 0 Å². The fourth-order valence-electron chi connectivity index (χ4n) is 0.892. The third-order valence-corrected chi connectivity index (χ3v) is 1.76. The molecule has 0 fully saturated rings. The highest BCUT2D eigenvalue weighted by Gasteiger charge is 2.07. The molecule has 0 aliphatic carbocycles. The van der Waals surface area contributed by atoms with Gasteiger partial charge in [-0.1, -0.05) is 6.92 Å². The molecule has 0 radical (unpaired) electrons. The van der Waals surface area contributed by atoms with Crippen molar-refractivity contribution in [3.05, 3.63) is 0 Å². The second kappa shape index (κ2) is 5.65. The van der Waals surface area contributed by atoms with Gasteiger partial charge in [-0.3, -0.25) is 4.90 Å². The van der Waals surface area contributed by atoms with Gasteiger partial charge in [0, 0.05) is 6.54 Å². The summed E-state index contributed by atoms with van der Waals surface area (Å²) < 4.78 is 0. The van der Waals surface area contributed by atoms with Crippen LogP contribution in [0.3, 0.4) is 0 Å². The topological polar surface area (TPSA) is 27.3 Å². The Morgan fingerprint density at radius 2 is 2.00 bits per heavy atom. The van der Waals surface area contributed by atoms with E-state index in [2.05, 4.69) is 29.5 Å². The third-order valence-electron chi connectivity index (χ3n) is 1.76. The summed E-state index contributed by atoms with van der Waals surface area (Å²) in [5.41, 5.74) is 0. The van der Waals surface area contributed by atoms with E-state index in [0.717, 1.165) is 13.1 Å². The van der Waals surface area contributed by atoms with Crippen LogP contribution in [-0.2, 0) is 0 Å². The van der Waals surface area contributed by atoms with Gasteiger partial charge >= 0.3 is 0 Å². The molecular weight excluding hydrogens is 126 g/mol. The van der Waals surface area contributed by atoms with Crippen molar-refractivity contribution in [3.63, 3.8) is 0 Å². The Balaban J connectivity index is 3.56. The Kier molecular flexibility index (Phi) is 5.58. The van der Waals surface area contributed by atoms with Crippen LogP contribution in [0.1, 0.15) is 6.92 Å². The van der Waals surface area contributed by atoms with Crippen molar-refractivity contribution in [1.29, 1.82) is 0 Å². The van der Waals surface area contributed by atoms with Crippen molar-refractivity contribution in [2.75, 3.05) is 34.2 Å². The van der Waals surface area contributed by atoms with Gasteiger partial charge in [0.05, 0.1) is 6.17 Å². The van der Waals surface area contributed by atoms with Gasteiger partial charge in [-0.2, -0.15) is 0 Å². The smallest absolute Gasteiger partial charge is 0.0720 e. The van der Waals surface area contributed by atoms with E-state index in [4.69, 9.17) is 0 Å². The Hall–Kier alpha value is -0.120. The summed E-state index contributed by atoms with van der Waals surface area (Å²) in [4.78, 5) is 2.26. The first kappa shape index (κ1) is 9.88. The number of hydrogen-bond acceptors (Lipinski definition) is 3. The van der Waals surface area contributed by atoms with Crippen molar-refractivity contribution in [2.45, 2.75) is 13.1 Å². The summed E-state index contributed by atoms with van der Waals surface area (Å²) in [6.45, 7) is 4.22. The fourth-order valence-corrected chi connectivity index (χ4v) is 0.892. The first-order chi connectivity index (χ1) is 4.76. The largest absolute Gasteiger partial charge is 0.317 e. The molecule has 0 saturated heterocycles. The fraction of sp³-hybridized carbons (Fsp3) is 1.00. The molecule has 3 nitrogen and oxygen atoms in total. The van der Waals surface area contributed by atoms with Crippen molar-refractivity contribution in [1.82, 2.24) is 15.5 Å². The van der Waals surface area contributed by atoms with Crippen LogP contribution in [0.2, 0.25) is 0 Å². The lowest BCUT2D eigenvalue weighted by Gasteiger charge is -2.25. The van der Waals surface area contributed by atoms with Gasteiger partial charge in [0.15, 0.2) is 0 Å². The molecule has 0 saturated carbocycles. The van der Waals surface area contributed by atoms with Gasteiger partial charge in [0.2, 0.25) is 0 Å². The van der Waals surface area contributed by atoms with Crippen LogP contribution in [0.15, 0.2) is 0 Å². The van der Waals surface area contributed by atoms with Gasteiger partial charge in [-0.25, -0.2) is 0 Å². The third kappa shape index (κ3) is 3.15. The number of nitrogens with zero attached hydrogens (tertiary/aromatic N) is 1. The minimum absolute atomic E-state index is 0.454. The van der Waals surface area contributed by atoms with E-state index in [0.29, 0.717) is 6.17 Å². The van der Waals surface area contributed by atoms with Gasteiger partial charge < -0.3 is 10.6 Å². The molecule has 0 aliphatic heterocycles. The van der Waals surface area contributed by atoms with Crippen LogP contribution >= 0.6 is 0 Å². The monoisotopic (exact) mass is 145 g/mol. The molecule has 0 aliphatic rings. The highest BCUT2D eigenvalue weighted by Crippen LogP contribution is 1.87. The lowest BCUT2D eigenvalue weighted by Crippen LogP contribution is -2.47. The molecule has 0 heterocycles. The highest BCUT2D eigenvalue weighted by atomic mass is 15.3. The van der Waals surface area contributed by atoms with Crippen LogP contribution < -0.4 is 10.6 Å². The maximum atomic E-state index is 3.22. The molecule has 0 aromatic rings. The van der Waals surface area contributed by atoms with E-state index < -0.39 is 0 Å². The maximum Gasteiger partial charge on any atom is 0.0720 e. The minimum Gasteiger partial charge on any atom is -0.317 e. The lowest BCUT2D eigenvalue weighted by molar-refractivity contribution is 0.221. The van der Waals surface area contributed by atoms with Crippen LogP contribution in [0.4, 0.5) is 0 Å². The molecule has 0 rings (SSSR count). The number of hydrogen-bond donors (Lipinski definition) is 2. The molecule has 62 valence electrons. The standard InChI is InChI=1S/C7H19N3/c1-5-10(4)7(9-3)6-8-2/h7-9H,5-6H2,1-4H3. The van der Waals surface area contributed by atoms with E-state index in [-0.39, 0.29) is 0 Å². The van der Waals surface area contributed by atoms with E-state index in [9.17, 15) is 0 Å². The molecular formula is C7H19N3. The van der Waals surface area contributed by atoms with E-state index in [1.807, 2.05) is 14.1 Å². The Labute approximate surface area is 63.8 Å². The first-order valence-corrected chi connectivity index (χ1v) is 3.78. The molecule has 0 aromatic heterocycles. The first-order valence-electron chi connectivity index (χ1n) is 3.78. The second-order valence-electron chi connectivity index (χ2n) is 2.44. The summed E-state index contributed by atoms with van der Waals surface area (Å²) in [6.07, 6.45) is 0.454. The molecule has 0 aromatic carbocycles. The lowest BCUT2D eigenvalue weighted by atomic mass is 10.4. The summed E-state index contributed by atoms with van der Waals surface area (Å²) in [7, 11) is 6.06. The Morgan fingerprint density at radius 1 is 1.40 bits per heavy atom. The number of nitrogens with one attached hydrogen (secondary N) is 2. The molecule has 0 spiro atoms. The molecule has 0 amide bonds. The summed E-state index contributed by atoms with van der Waals surface area (Å²) in [6, 6.07) is 0. The van der Waals surface area contributed by atoms with Crippen molar-refractivity contribution >= 4 is 0 Å². The molecule has 0 bridgehead atoms. The summed E-state index contributed by atoms with van der Waals surface area (Å²) in [5.74, 6) is 0. The van der Waals surface area contributed by atoms with E-state index in [1.165, 1.54) is 0 Å². The quantitative estimate of drug-likeness (QED) is 0.520. The molecule has 3 heteroatoms. The predicted octanol–water partition coefficient (Wildman–Crippen LogP) is -0.297. The average Bonchev–Trinajstić information content (AvgIpc) is 1.99. The zero-order valence-electron chi connectivity index (χ0n) is 7.44. The zero-order chi connectivity index (χ0) is 7.98. The highest BCUT2D eigenvalue weighted by molar-refractivity contribution is 4.64. The molecule has 1 atom stereocenters. The van der Waals surface area contributed by atoms with Gasteiger partial charge in [0.1, 0.15) is 0 Å². The second-order valence-corrected chi connectivity index (χ2v) is 2.44. The van der Waals surface area contributed by atoms with Gasteiger partial charge in [0.25, 0.3) is 0 Å². The Bertz CT molecular complexity index is 75.3. The molecule has 1 unspecified atom stereocenters. The van der Waals surface area contributed by atoms with Crippen molar-refractivity contribution < 1.29 is 0 Å².